The Morgan fingerprint density at radius 2 is 1.63 bits per heavy atom. The molecule has 0 aliphatic carbocycles. The van der Waals surface area contributed by atoms with Crippen LogP contribution in [0.1, 0.15) is 20.7 Å². The van der Waals surface area contributed by atoms with E-state index in [9.17, 15) is 14.0 Å². The molecule has 3 aromatic rings. The summed E-state index contributed by atoms with van der Waals surface area (Å²) in [5.74, 6) is -0.0171. The highest BCUT2D eigenvalue weighted by Crippen LogP contribution is 2.33. The number of hydrogen-bond donors (Lipinski definition) is 1. The van der Waals surface area contributed by atoms with Gasteiger partial charge in [0.25, 0.3) is 11.8 Å². The molecule has 0 aromatic heterocycles. The molecule has 0 radical (unpaired) electrons. The third kappa shape index (κ3) is 4.88. The third-order valence-corrected chi connectivity index (χ3v) is 6.26. The minimum atomic E-state index is -0.526. The number of halogens is 2. The highest BCUT2D eigenvalue weighted by molar-refractivity contribution is 6.31. The predicted molar refractivity (Wildman–Crippen MR) is 131 cm³/mol. The summed E-state index contributed by atoms with van der Waals surface area (Å²) in [7, 11) is 0. The molecule has 2 amide bonds. The summed E-state index contributed by atoms with van der Waals surface area (Å²) in [5.41, 5.74) is 1.85. The molecule has 0 saturated carbocycles. The van der Waals surface area contributed by atoms with E-state index in [0.29, 0.717) is 67.2 Å². The Balaban J connectivity index is 1.30. The van der Waals surface area contributed by atoms with Crippen molar-refractivity contribution in [2.75, 3.05) is 49.6 Å². The van der Waals surface area contributed by atoms with Crippen molar-refractivity contribution in [3.8, 4) is 11.5 Å². The number of amides is 2. The zero-order chi connectivity index (χ0) is 24.4. The molecule has 35 heavy (non-hydrogen) atoms. The van der Waals surface area contributed by atoms with Crippen LogP contribution in [0.25, 0.3) is 0 Å². The van der Waals surface area contributed by atoms with E-state index in [4.69, 9.17) is 21.1 Å². The Morgan fingerprint density at radius 1 is 0.886 bits per heavy atom. The summed E-state index contributed by atoms with van der Waals surface area (Å²) < 4.78 is 25.2. The van der Waals surface area contributed by atoms with Crippen LogP contribution in [-0.2, 0) is 0 Å². The maximum absolute atomic E-state index is 14.1. The van der Waals surface area contributed by atoms with Crippen molar-refractivity contribution in [2.24, 2.45) is 0 Å². The average molecular weight is 496 g/mol. The summed E-state index contributed by atoms with van der Waals surface area (Å²) in [6.07, 6.45) is 0. The SMILES string of the molecule is O=C(Nc1cc(Cl)ccc1N1CCN(C(=O)c2ccccc2F)CC1)c1ccc2c(c1)OCCO2. The van der Waals surface area contributed by atoms with Crippen molar-refractivity contribution in [3.63, 3.8) is 0 Å². The van der Waals surface area contributed by atoms with Crippen LogP contribution in [0, 0.1) is 5.82 Å². The number of nitrogens with zero attached hydrogens (tertiary/aromatic N) is 2. The van der Waals surface area contributed by atoms with Crippen LogP contribution in [0.2, 0.25) is 5.02 Å². The number of hydrogen-bond acceptors (Lipinski definition) is 5. The van der Waals surface area contributed by atoms with Gasteiger partial charge in [-0.2, -0.15) is 0 Å². The van der Waals surface area contributed by atoms with E-state index in [1.807, 2.05) is 6.07 Å². The zero-order valence-corrected chi connectivity index (χ0v) is 19.6. The van der Waals surface area contributed by atoms with E-state index in [-0.39, 0.29) is 17.4 Å². The van der Waals surface area contributed by atoms with Gasteiger partial charge >= 0.3 is 0 Å². The Labute approximate surface area is 207 Å². The minimum absolute atomic E-state index is 0.0693. The molecule has 7 nitrogen and oxygen atoms in total. The van der Waals surface area contributed by atoms with Crippen LogP contribution in [0.5, 0.6) is 11.5 Å². The number of fused-ring (bicyclic) bond motifs is 1. The quantitative estimate of drug-likeness (QED) is 0.578. The molecule has 2 heterocycles. The van der Waals surface area contributed by atoms with Gasteiger partial charge in [-0.1, -0.05) is 23.7 Å². The predicted octanol–water partition coefficient (Wildman–Crippen LogP) is 4.47. The number of rotatable bonds is 4. The van der Waals surface area contributed by atoms with Crippen LogP contribution < -0.4 is 19.7 Å². The molecule has 2 aliphatic rings. The first-order valence-corrected chi connectivity index (χ1v) is 11.7. The standard InChI is InChI=1S/C26H23ClFN3O4/c27-18-6-7-22(30-9-11-31(12-10-30)26(33)19-3-1-2-4-20(19)28)21(16-18)29-25(32)17-5-8-23-24(15-17)35-14-13-34-23/h1-8,15-16H,9-14H2,(H,29,32). The molecule has 5 rings (SSSR count). The van der Waals surface area contributed by atoms with Crippen molar-refractivity contribution in [3.05, 3.63) is 82.6 Å². The monoisotopic (exact) mass is 495 g/mol. The Bertz CT molecular complexity index is 1280. The van der Waals surface area contributed by atoms with Crippen molar-refractivity contribution >= 4 is 34.8 Å². The molecule has 1 saturated heterocycles. The van der Waals surface area contributed by atoms with Gasteiger partial charge in [-0.3, -0.25) is 9.59 Å². The number of nitrogens with one attached hydrogen (secondary N) is 1. The largest absolute Gasteiger partial charge is 0.486 e. The number of benzene rings is 3. The summed E-state index contributed by atoms with van der Waals surface area (Å²) in [5, 5.41) is 3.43. The second-order valence-electron chi connectivity index (χ2n) is 8.23. The number of anilines is 2. The second kappa shape index (κ2) is 9.84. The summed E-state index contributed by atoms with van der Waals surface area (Å²) in [4.78, 5) is 29.5. The lowest BCUT2D eigenvalue weighted by Crippen LogP contribution is -2.49. The van der Waals surface area contributed by atoms with E-state index >= 15 is 0 Å². The number of ether oxygens (including phenoxy) is 2. The highest BCUT2D eigenvalue weighted by Gasteiger charge is 2.26. The van der Waals surface area contributed by atoms with Crippen molar-refractivity contribution in [2.45, 2.75) is 0 Å². The van der Waals surface area contributed by atoms with Gasteiger partial charge in [-0.15, -0.1) is 0 Å². The Kier molecular flexibility index (Phi) is 6.46. The van der Waals surface area contributed by atoms with Crippen molar-refractivity contribution < 1.29 is 23.5 Å². The van der Waals surface area contributed by atoms with E-state index in [1.54, 1.807) is 47.4 Å². The highest BCUT2D eigenvalue weighted by atomic mass is 35.5. The van der Waals surface area contributed by atoms with Crippen LogP contribution in [-0.4, -0.2) is 56.1 Å². The average Bonchev–Trinajstić information content (AvgIpc) is 2.88. The normalized spacial score (nSPS) is 15.0. The van der Waals surface area contributed by atoms with Gasteiger partial charge in [0.2, 0.25) is 0 Å². The molecule has 1 fully saturated rings. The van der Waals surface area contributed by atoms with Gasteiger partial charge in [0.1, 0.15) is 19.0 Å². The van der Waals surface area contributed by atoms with Gasteiger partial charge in [0.05, 0.1) is 16.9 Å². The fraction of sp³-hybridized carbons (Fsp3) is 0.231. The topological polar surface area (TPSA) is 71.1 Å². The first-order chi connectivity index (χ1) is 17.0. The molecule has 2 aliphatic heterocycles. The Hall–Kier alpha value is -3.78. The van der Waals surface area contributed by atoms with Crippen LogP contribution in [0.4, 0.5) is 15.8 Å². The van der Waals surface area contributed by atoms with Crippen LogP contribution in [0.3, 0.4) is 0 Å². The maximum atomic E-state index is 14.1. The van der Waals surface area contributed by atoms with Gasteiger partial charge in [0.15, 0.2) is 11.5 Å². The zero-order valence-electron chi connectivity index (χ0n) is 18.8. The number of carbonyl (C=O) groups is 2. The van der Waals surface area contributed by atoms with Crippen LogP contribution >= 0.6 is 11.6 Å². The fourth-order valence-electron chi connectivity index (χ4n) is 4.22. The lowest BCUT2D eigenvalue weighted by Gasteiger charge is -2.37. The minimum Gasteiger partial charge on any atom is -0.486 e. The first kappa shape index (κ1) is 23.0. The third-order valence-electron chi connectivity index (χ3n) is 6.02. The second-order valence-corrected chi connectivity index (χ2v) is 8.67. The maximum Gasteiger partial charge on any atom is 0.256 e. The van der Waals surface area contributed by atoms with Crippen molar-refractivity contribution in [1.82, 2.24) is 4.90 Å². The van der Waals surface area contributed by atoms with Gasteiger partial charge < -0.3 is 24.6 Å². The molecule has 0 atom stereocenters. The molecule has 1 N–H and O–H groups in total. The molecular weight excluding hydrogens is 473 g/mol. The molecule has 9 heteroatoms. The fourth-order valence-corrected chi connectivity index (χ4v) is 4.39. The van der Waals surface area contributed by atoms with Gasteiger partial charge in [-0.25, -0.2) is 4.39 Å². The van der Waals surface area contributed by atoms with Gasteiger partial charge in [0, 0.05) is 36.8 Å². The Morgan fingerprint density at radius 3 is 2.40 bits per heavy atom. The molecule has 180 valence electrons. The van der Waals surface area contributed by atoms with E-state index < -0.39 is 5.82 Å². The summed E-state index contributed by atoms with van der Waals surface area (Å²) in [6.45, 7) is 2.80. The molecule has 0 bridgehead atoms. The smallest absolute Gasteiger partial charge is 0.256 e. The molecule has 3 aromatic carbocycles. The lowest BCUT2D eigenvalue weighted by molar-refractivity contribution is 0.0742. The molecule has 0 unspecified atom stereocenters. The van der Waals surface area contributed by atoms with E-state index in [1.165, 1.54) is 12.1 Å². The lowest BCUT2D eigenvalue weighted by atomic mass is 10.1. The summed E-state index contributed by atoms with van der Waals surface area (Å²) >= 11 is 6.23. The number of carbonyl (C=O) groups excluding carboxylic acids is 2. The molecule has 0 spiro atoms. The van der Waals surface area contributed by atoms with E-state index in [2.05, 4.69) is 10.2 Å². The van der Waals surface area contributed by atoms with Gasteiger partial charge in [-0.05, 0) is 48.5 Å². The molecular formula is C26H23ClFN3O4. The van der Waals surface area contributed by atoms with Crippen molar-refractivity contribution in [1.29, 1.82) is 0 Å². The van der Waals surface area contributed by atoms with Crippen LogP contribution in [0.15, 0.2) is 60.7 Å². The summed E-state index contributed by atoms with van der Waals surface area (Å²) in [6, 6.07) is 16.3. The van der Waals surface area contributed by atoms with E-state index in [0.717, 1.165) is 5.69 Å². The number of piperazine rings is 1. The first-order valence-electron chi connectivity index (χ1n) is 11.3.